The molecule has 0 saturated carbocycles. The average Bonchev–Trinajstić information content (AvgIpc) is 3.35. The fourth-order valence-corrected chi connectivity index (χ4v) is 8.33. The van der Waals surface area contributed by atoms with Gasteiger partial charge in [0.25, 0.3) is 5.91 Å². The highest BCUT2D eigenvalue weighted by Gasteiger charge is 2.41. The molecule has 1 atom stereocenters. The molecule has 1 unspecified atom stereocenters. The van der Waals surface area contributed by atoms with Crippen molar-refractivity contribution in [3.8, 4) is 11.1 Å². The molecule has 2 aliphatic heterocycles. The van der Waals surface area contributed by atoms with Gasteiger partial charge in [0, 0.05) is 31.7 Å². The first-order chi connectivity index (χ1) is 13.8. The number of hydrogen-bond acceptors (Lipinski definition) is 6. The summed E-state index contributed by atoms with van der Waals surface area (Å²) in [6, 6.07) is 11.2. The largest absolute Gasteiger partial charge is 0.459 e. The molecule has 0 N–H and O–H groups in total. The number of piperazine rings is 1. The summed E-state index contributed by atoms with van der Waals surface area (Å²) < 4.78 is 55.6. The molecule has 2 aromatic rings. The Balaban J connectivity index is 1.44. The minimum Gasteiger partial charge on any atom is -0.459 e. The van der Waals surface area contributed by atoms with Gasteiger partial charge in [-0.3, -0.25) is 4.79 Å². The van der Waals surface area contributed by atoms with Gasteiger partial charge >= 0.3 is 0 Å². The van der Waals surface area contributed by atoms with Crippen molar-refractivity contribution in [1.82, 2.24) is 9.21 Å². The molecule has 2 aliphatic rings. The van der Waals surface area contributed by atoms with Crippen LogP contribution in [0.3, 0.4) is 0 Å². The summed E-state index contributed by atoms with van der Waals surface area (Å²) in [5.41, 5.74) is 1.56. The summed E-state index contributed by atoms with van der Waals surface area (Å²) in [7, 11) is -6.98. The third kappa shape index (κ3) is 3.96. The van der Waals surface area contributed by atoms with Crippen LogP contribution >= 0.6 is 0 Å². The van der Waals surface area contributed by atoms with Gasteiger partial charge in [0.1, 0.15) is 0 Å². The Kier molecular flexibility index (Phi) is 5.26. The zero-order chi connectivity index (χ0) is 20.6. The van der Waals surface area contributed by atoms with Crippen LogP contribution in [0.25, 0.3) is 11.1 Å². The predicted molar refractivity (Wildman–Crippen MR) is 108 cm³/mol. The lowest BCUT2D eigenvalue weighted by atomic mass is 10.1. The summed E-state index contributed by atoms with van der Waals surface area (Å²) in [4.78, 5) is 14.5. The van der Waals surface area contributed by atoms with Gasteiger partial charge in [-0.05, 0) is 18.1 Å². The van der Waals surface area contributed by atoms with Crippen molar-refractivity contribution in [3.05, 3.63) is 48.4 Å². The highest BCUT2D eigenvalue weighted by atomic mass is 32.2. The van der Waals surface area contributed by atoms with E-state index >= 15 is 0 Å². The zero-order valence-corrected chi connectivity index (χ0v) is 17.4. The Morgan fingerprint density at radius 3 is 2.34 bits per heavy atom. The lowest BCUT2D eigenvalue weighted by Gasteiger charge is -2.34. The number of benzene rings is 1. The maximum atomic E-state index is 12.9. The number of sulfonamides is 1. The number of amides is 1. The lowest BCUT2D eigenvalue weighted by molar-refractivity contribution is 0.0666. The monoisotopic (exact) mass is 438 g/mol. The van der Waals surface area contributed by atoms with E-state index in [2.05, 4.69) is 0 Å². The molecule has 2 fully saturated rings. The molecular weight excluding hydrogens is 416 g/mol. The van der Waals surface area contributed by atoms with E-state index < -0.39 is 25.1 Å². The first-order valence-corrected chi connectivity index (χ1v) is 12.7. The fraction of sp³-hybridized carbons (Fsp3) is 0.421. The Bertz CT molecular complexity index is 1100. The predicted octanol–water partition coefficient (Wildman–Crippen LogP) is 1.22. The molecule has 10 heteroatoms. The van der Waals surface area contributed by atoms with Crippen molar-refractivity contribution in [1.29, 1.82) is 0 Å². The highest BCUT2D eigenvalue weighted by molar-refractivity contribution is 7.95. The molecule has 1 aromatic heterocycles. The van der Waals surface area contributed by atoms with E-state index in [4.69, 9.17) is 4.42 Å². The molecule has 0 spiro atoms. The molecule has 3 heterocycles. The summed E-state index contributed by atoms with van der Waals surface area (Å²) in [6.45, 7) is 0.747. The van der Waals surface area contributed by atoms with Crippen molar-refractivity contribution in [2.24, 2.45) is 0 Å². The molecule has 2 saturated heterocycles. The van der Waals surface area contributed by atoms with Crippen molar-refractivity contribution in [2.45, 2.75) is 11.7 Å². The smallest absolute Gasteiger partial charge is 0.290 e. The highest BCUT2D eigenvalue weighted by Crippen LogP contribution is 2.27. The third-order valence-corrected chi connectivity index (χ3v) is 9.75. The van der Waals surface area contributed by atoms with E-state index in [-0.39, 0.29) is 55.8 Å². The topological polar surface area (TPSA) is 105 Å². The van der Waals surface area contributed by atoms with Crippen LogP contribution in [0, 0.1) is 0 Å². The van der Waals surface area contributed by atoms with Gasteiger partial charge in [0.15, 0.2) is 15.6 Å². The number of carbonyl (C=O) groups excluding carboxylic acids is 1. The number of hydrogen-bond donors (Lipinski definition) is 0. The van der Waals surface area contributed by atoms with Gasteiger partial charge in [0.2, 0.25) is 10.0 Å². The van der Waals surface area contributed by atoms with Gasteiger partial charge in [-0.25, -0.2) is 16.8 Å². The SMILES string of the molecule is O=C(c1occc1-c1ccccc1)N1CCN(S(=O)(=O)C2CCS(=O)(=O)C2)CC1. The Morgan fingerprint density at radius 1 is 1.03 bits per heavy atom. The van der Waals surface area contributed by atoms with Gasteiger partial charge in [-0.2, -0.15) is 4.31 Å². The molecule has 0 bridgehead atoms. The summed E-state index contributed by atoms with van der Waals surface area (Å²) in [5.74, 6) is -0.457. The van der Waals surface area contributed by atoms with Gasteiger partial charge in [-0.15, -0.1) is 0 Å². The van der Waals surface area contributed by atoms with Crippen molar-refractivity contribution >= 4 is 25.8 Å². The Hall–Kier alpha value is -2.17. The second kappa shape index (κ2) is 7.58. The molecule has 0 radical (unpaired) electrons. The molecule has 1 aromatic carbocycles. The summed E-state index contributed by atoms with van der Waals surface area (Å²) >= 11 is 0. The first kappa shape index (κ1) is 20.1. The van der Waals surface area contributed by atoms with Crippen LogP contribution in [-0.2, 0) is 19.9 Å². The van der Waals surface area contributed by atoms with E-state index in [1.165, 1.54) is 10.6 Å². The van der Waals surface area contributed by atoms with Gasteiger partial charge in [0.05, 0.1) is 23.0 Å². The quantitative estimate of drug-likeness (QED) is 0.711. The molecule has 1 amide bonds. The molecule has 8 nitrogen and oxygen atoms in total. The number of carbonyl (C=O) groups is 1. The zero-order valence-electron chi connectivity index (χ0n) is 15.7. The van der Waals surface area contributed by atoms with Crippen LogP contribution in [-0.4, -0.2) is 74.9 Å². The van der Waals surface area contributed by atoms with Crippen molar-refractivity contribution in [2.75, 3.05) is 37.7 Å². The first-order valence-electron chi connectivity index (χ1n) is 9.39. The third-order valence-electron chi connectivity index (χ3n) is 5.44. The van der Waals surface area contributed by atoms with E-state index in [0.29, 0.717) is 5.56 Å². The van der Waals surface area contributed by atoms with Crippen LogP contribution < -0.4 is 0 Å². The average molecular weight is 439 g/mol. The molecular formula is C19H22N2O6S2. The Labute approximate surface area is 170 Å². The van der Waals surface area contributed by atoms with Crippen LogP contribution in [0.15, 0.2) is 47.1 Å². The normalized spacial score (nSPS) is 22.6. The van der Waals surface area contributed by atoms with Crippen LogP contribution in [0.4, 0.5) is 0 Å². The Morgan fingerprint density at radius 2 is 1.72 bits per heavy atom. The number of furan rings is 1. The van der Waals surface area contributed by atoms with Crippen molar-refractivity contribution in [3.63, 3.8) is 0 Å². The van der Waals surface area contributed by atoms with Crippen LogP contribution in [0.2, 0.25) is 0 Å². The number of nitrogens with zero attached hydrogens (tertiary/aromatic N) is 2. The second-order valence-corrected chi connectivity index (χ2v) is 11.7. The maximum absolute atomic E-state index is 12.9. The van der Waals surface area contributed by atoms with E-state index in [1.54, 1.807) is 11.0 Å². The summed E-state index contributed by atoms with van der Waals surface area (Å²) in [5, 5.41) is -0.885. The van der Waals surface area contributed by atoms with E-state index in [9.17, 15) is 21.6 Å². The standard InChI is InChI=1S/C19H22N2O6S2/c22-19(18-17(6-12-27-18)15-4-2-1-3-5-15)20-8-10-21(11-9-20)29(25,26)16-7-13-28(23,24)14-16/h1-6,12,16H,7-11,13-14H2. The minimum absolute atomic E-state index is 0.0872. The summed E-state index contributed by atoms with van der Waals surface area (Å²) in [6.07, 6.45) is 1.60. The van der Waals surface area contributed by atoms with Crippen LogP contribution in [0.1, 0.15) is 17.0 Å². The second-order valence-electron chi connectivity index (χ2n) is 7.29. The number of rotatable bonds is 4. The van der Waals surface area contributed by atoms with Crippen molar-refractivity contribution < 1.29 is 26.0 Å². The maximum Gasteiger partial charge on any atom is 0.290 e. The minimum atomic E-state index is -3.69. The van der Waals surface area contributed by atoms with E-state index in [1.807, 2.05) is 30.3 Å². The lowest BCUT2D eigenvalue weighted by Crippen LogP contribution is -2.52. The molecule has 156 valence electrons. The van der Waals surface area contributed by atoms with Crippen LogP contribution in [0.5, 0.6) is 0 Å². The fourth-order valence-electron chi connectivity index (χ4n) is 3.82. The molecule has 0 aliphatic carbocycles. The molecule has 4 rings (SSSR count). The molecule has 29 heavy (non-hydrogen) atoms. The van der Waals surface area contributed by atoms with E-state index in [0.717, 1.165) is 5.56 Å². The van der Waals surface area contributed by atoms with Gasteiger partial charge in [-0.1, -0.05) is 30.3 Å². The van der Waals surface area contributed by atoms with Gasteiger partial charge < -0.3 is 9.32 Å². The number of sulfone groups is 1.